The Morgan fingerprint density at radius 1 is 0.970 bits per heavy atom. The summed E-state index contributed by atoms with van der Waals surface area (Å²) >= 11 is 5.94. The minimum absolute atomic E-state index is 0.0542. The molecule has 0 saturated carbocycles. The van der Waals surface area contributed by atoms with Crippen LogP contribution in [0.5, 0.6) is 0 Å². The molecule has 172 valence electrons. The van der Waals surface area contributed by atoms with Crippen LogP contribution in [0.25, 0.3) is 0 Å². The number of hydrogen-bond acceptors (Lipinski definition) is 5. The normalized spacial score (nSPS) is 16.5. The molecule has 1 heterocycles. The van der Waals surface area contributed by atoms with E-state index in [0.717, 1.165) is 9.98 Å². The van der Waals surface area contributed by atoms with Gasteiger partial charge in [0.05, 0.1) is 22.4 Å². The second-order valence-corrected chi connectivity index (χ2v) is 11.7. The maximum Gasteiger partial charge on any atom is 0.279 e. The summed E-state index contributed by atoms with van der Waals surface area (Å²) in [7, 11) is -7.41. The van der Waals surface area contributed by atoms with Crippen LogP contribution in [0.15, 0.2) is 88.9 Å². The molecule has 0 bridgehead atoms. The van der Waals surface area contributed by atoms with E-state index in [1.807, 2.05) is 30.3 Å². The largest absolute Gasteiger partial charge is 0.284 e. The first kappa shape index (κ1) is 23.3. The van der Waals surface area contributed by atoms with Crippen molar-refractivity contribution in [2.45, 2.75) is 24.3 Å². The summed E-state index contributed by atoms with van der Waals surface area (Å²) in [6.07, 6.45) is 0.334. The molecule has 0 aliphatic carbocycles. The van der Waals surface area contributed by atoms with E-state index >= 15 is 0 Å². The predicted molar refractivity (Wildman–Crippen MR) is 130 cm³/mol. The van der Waals surface area contributed by atoms with Gasteiger partial charge in [0.15, 0.2) is 0 Å². The molecule has 0 fully saturated rings. The number of nitrogens with zero attached hydrogens (tertiary/aromatic N) is 2. The zero-order valence-corrected chi connectivity index (χ0v) is 20.1. The summed E-state index contributed by atoms with van der Waals surface area (Å²) in [6, 6.07) is 21.5. The molecule has 0 aromatic heterocycles. The molecule has 1 aliphatic rings. The molecule has 3 aromatic rings. The summed E-state index contributed by atoms with van der Waals surface area (Å²) in [5, 5.41) is 4.93. The van der Waals surface area contributed by atoms with Crippen molar-refractivity contribution in [3.8, 4) is 0 Å². The minimum atomic E-state index is -3.96. The van der Waals surface area contributed by atoms with E-state index in [1.165, 1.54) is 24.3 Å². The molecule has 4 rings (SSSR count). The van der Waals surface area contributed by atoms with Crippen LogP contribution in [-0.2, 0) is 20.0 Å². The van der Waals surface area contributed by atoms with Crippen LogP contribution < -0.4 is 4.72 Å². The van der Waals surface area contributed by atoms with Crippen LogP contribution in [-0.4, -0.2) is 32.7 Å². The van der Waals surface area contributed by atoms with Crippen LogP contribution in [0.3, 0.4) is 0 Å². The highest BCUT2D eigenvalue weighted by atomic mass is 35.5. The molecular weight excluding hydrogens is 482 g/mol. The van der Waals surface area contributed by atoms with Crippen LogP contribution in [0, 0.1) is 0 Å². The van der Waals surface area contributed by atoms with Gasteiger partial charge in [0.2, 0.25) is 10.0 Å². The average molecular weight is 504 g/mol. The lowest BCUT2D eigenvalue weighted by Gasteiger charge is -2.23. The molecule has 1 N–H and O–H groups in total. The second-order valence-electron chi connectivity index (χ2n) is 7.50. The number of sulfonamides is 2. The van der Waals surface area contributed by atoms with E-state index in [1.54, 1.807) is 31.2 Å². The van der Waals surface area contributed by atoms with Gasteiger partial charge in [0.1, 0.15) is 0 Å². The summed E-state index contributed by atoms with van der Waals surface area (Å²) in [5.74, 6) is -0.0542. The Morgan fingerprint density at radius 3 is 2.33 bits per heavy atom. The minimum Gasteiger partial charge on any atom is -0.284 e. The third kappa shape index (κ3) is 5.05. The Hall–Kier alpha value is -2.88. The highest BCUT2D eigenvalue weighted by Crippen LogP contribution is 2.37. The van der Waals surface area contributed by atoms with Crippen LogP contribution >= 0.6 is 11.6 Å². The van der Waals surface area contributed by atoms with E-state index in [2.05, 4.69) is 9.82 Å². The Bertz CT molecular complexity index is 1390. The number of nitrogens with one attached hydrogen (secondary N) is 1. The molecule has 0 saturated heterocycles. The average Bonchev–Trinajstić information content (AvgIpc) is 3.26. The summed E-state index contributed by atoms with van der Waals surface area (Å²) < 4.78 is 54.5. The van der Waals surface area contributed by atoms with Crippen LogP contribution in [0.4, 0.5) is 5.69 Å². The highest BCUT2D eigenvalue weighted by Gasteiger charge is 2.37. The summed E-state index contributed by atoms with van der Waals surface area (Å²) in [4.78, 5) is 0.0855. The highest BCUT2D eigenvalue weighted by molar-refractivity contribution is 7.92. The number of halogens is 1. The third-order valence-electron chi connectivity index (χ3n) is 5.26. The van der Waals surface area contributed by atoms with Crippen molar-refractivity contribution in [1.82, 2.24) is 4.41 Å². The van der Waals surface area contributed by atoms with Crippen molar-refractivity contribution in [2.75, 3.05) is 10.5 Å². The Morgan fingerprint density at radius 2 is 1.67 bits per heavy atom. The first-order valence-corrected chi connectivity index (χ1v) is 13.7. The smallest absolute Gasteiger partial charge is 0.279 e. The molecule has 7 nitrogen and oxygen atoms in total. The molecule has 1 aliphatic heterocycles. The van der Waals surface area contributed by atoms with E-state index in [0.29, 0.717) is 28.4 Å². The van der Waals surface area contributed by atoms with Gasteiger partial charge in [-0.1, -0.05) is 54.1 Å². The second kappa shape index (κ2) is 9.17. The molecule has 1 atom stereocenters. The van der Waals surface area contributed by atoms with Gasteiger partial charge < -0.3 is 0 Å². The number of anilines is 1. The van der Waals surface area contributed by atoms with Crippen molar-refractivity contribution in [3.05, 3.63) is 95.0 Å². The monoisotopic (exact) mass is 503 g/mol. The van der Waals surface area contributed by atoms with Crippen LogP contribution in [0.2, 0.25) is 5.02 Å². The third-order valence-corrected chi connectivity index (χ3v) is 8.52. The zero-order valence-electron chi connectivity index (χ0n) is 17.7. The maximum absolute atomic E-state index is 13.5. The van der Waals surface area contributed by atoms with E-state index in [4.69, 9.17) is 11.6 Å². The molecule has 0 radical (unpaired) electrons. The van der Waals surface area contributed by atoms with Crippen molar-refractivity contribution >= 4 is 43.0 Å². The van der Waals surface area contributed by atoms with Gasteiger partial charge in [0, 0.05) is 17.1 Å². The molecular formula is C23H22ClN3O4S2. The van der Waals surface area contributed by atoms with Gasteiger partial charge in [0.25, 0.3) is 10.0 Å². The number of rotatable bonds is 7. The lowest BCUT2D eigenvalue weighted by atomic mass is 9.99. The maximum atomic E-state index is 13.5. The molecule has 10 heteroatoms. The van der Waals surface area contributed by atoms with Crippen molar-refractivity contribution in [2.24, 2.45) is 5.10 Å². The van der Waals surface area contributed by atoms with Crippen molar-refractivity contribution in [3.63, 3.8) is 0 Å². The van der Waals surface area contributed by atoms with Crippen molar-refractivity contribution < 1.29 is 16.8 Å². The SMILES string of the molecule is CCS(=O)(=O)Nc1cccc(C2=NN(S(=O)(=O)c3ccc(Cl)cc3)[C@@H](c3ccccc3)C2)c1. The molecule has 0 unspecified atom stereocenters. The summed E-state index contributed by atoms with van der Waals surface area (Å²) in [6.45, 7) is 1.55. The van der Waals surface area contributed by atoms with Gasteiger partial charge in [-0.2, -0.15) is 17.9 Å². The van der Waals surface area contributed by atoms with E-state index in [9.17, 15) is 16.8 Å². The quantitative estimate of drug-likeness (QED) is 0.508. The Balaban J connectivity index is 1.75. The zero-order chi connectivity index (χ0) is 23.6. The van der Waals surface area contributed by atoms with E-state index < -0.39 is 26.1 Å². The fraction of sp³-hybridized carbons (Fsp3) is 0.174. The van der Waals surface area contributed by atoms with Crippen LogP contribution in [0.1, 0.15) is 30.5 Å². The number of benzene rings is 3. The lowest BCUT2D eigenvalue weighted by Crippen LogP contribution is -2.27. The fourth-order valence-corrected chi connectivity index (χ4v) is 5.73. The molecule has 0 spiro atoms. The molecule has 0 amide bonds. The van der Waals surface area contributed by atoms with Gasteiger partial charge in [-0.3, -0.25) is 4.72 Å². The van der Waals surface area contributed by atoms with Gasteiger partial charge in [-0.05, 0) is 54.4 Å². The van der Waals surface area contributed by atoms with Crippen molar-refractivity contribution in [1.29, 1.82) is 0 Å². The molecule has 3 aromatic carbocycles. The molecule has 33 heavy (non-hydrogen) atoms. The number of hydrazone groups is 1. The standard InChI is InChI=1S/C23H22ClN3O4S2/c1-2-32(28,29)26-20-10-6-9-18(15-20)22-16-23(17-7-4-3-5-8-17)27(25-22)33(30,31)21-13-11-19(24)12-14-21/h3-15,23,26H,2,16H2,1H3/t23-/m1/s1. The van der Waals surface area contributed by atoms with E-state index in [-0.39, 0.29) is 10.6 Å². The predicted octanol–water partition coefficient (Wildman–Crippen LogP) is 4.64. The topological polar surface area (TPSA) is 95.9 Å². The Kier molecular flexibility index (Phi) is 6.47. The Labute approximate surface area is 198 Å². The lowest BCUT2D eigenvalue weighted by molar-refractivity contribution is 0.371. The fourth-order valence-electron chi connectivity index (χ4n) is 3.54. The van der Waals surface area contributed by atoms with Gasteiger partial charge >= 0.3 is 0 Å². The van der Waals surface area contributed by atoms with Gasteiger partial charge in [-0.25, -0.2) is 8.42 Å². The summed E-state index contributed by atoms with van der Waals surface area (Å²) in [5.41, 5.74) is 2.38. The van der Waals surface area contributed by atoms with Gasteiger partial charge in [-0.15, -0.1) is 0 Å². The first-order chi connectivity index (χ1) is 15.7. The first-order valence-electron chi connectivity index (χ1n) is 10.2. The number of hydrogen-bond donors (Lipinski definition) is 1.